The van der Waals surface area contributed by atoms with Crippen LogP contribution in [0, 0.1) is 0 Å². The first kappa shape index (κ1) is 24.0. The molecule has 0 unspecified atom stereocenters. The van der Waals surface area contributed by atoms with Crippen LogP contribution in [0.5, 0.6) is 5.75 Å². The normalized spacial score (nSPS) is 17.4. The third-order valence-corrected chi connectivity index (χ3v) is 6.37. The van der Waals surface area contributed by atoms with Crippen LogP contribution < -0.4 is 4.74 Å². The molecule has 176 valence electrons. The number of carbonyl (C=O) groups excluding carboxylic acids is 2. The number of hydrogen-bond donors (Lipinski definition) is 1. The molecule has 3 aromatic rings. The Morgan fingerprint density at radius 2 is 2.03 bits per heavy atom. The molecule has 0 radical (unpaired) electrons. The summed E-state index contributed by atoms with van der Waals surface area (Å²) in [5.74, 6) is -1.17. The quantitative estimate of drug-likeness (QED) is 0.239. The Morgan fingerprint density at radius 1 is 1.21 bits per heavy atom. The first-order valence-corrected chi connectivity index (χ1v) is 12.0. The van der Waals surface area contributed by atoms with Crippen molar-refractivity contribution in [1.82, 2.24) is 14.5 Å². The topological polar surface area (TPSA) is 84.7 Å². The fourth-order valence-electron chi connectivity index (χ4n) is 4.05. The highest BCUT2D eigenvalue weighted by Gasteiger charge is 2.45. The SMILES string of the molecule is CCOc1ccc(/C(O)=C2\C(=O)C(=O)N(CCCn3ccnc3)[C@@H]2c2cccc(Br)c2)cc1Cl. The van der Waals surface area contributed by atoms with Crippen molar-refractivity contribution in [3.8, 4) is 5.75 Å². The predicted molar refractivity (Wildman–Crippen MR) is 133 cm³/mol. The Bertz CT molecular complexity index is 1240. The Hall–Kier alpha value is -3.10. The molecule has 1 N–H and O–H groups in total. The molecule has 7 nitrogen and oxygen atoms in total. The fourth-order valence-corrected chi connectivity index (χ4v) is 4.70. The molecule has 1 saturated heterocycles. The van der Waals surface area contributed by atoms with Gasteiger partial charge in [-0.25, -0.2) is 4.98 Å². The molecule has 0 aliphatic carbocycles. The summed E-state index contributed by atoms with van der Waals surface area (Å²) >= 11 is 9.77. The van der Waals surface area contributed by atoms with E-state index in [-0.39, 0.29) is 11.3 Å². The van der Waals surface area contributed by atoms with Crippen molar-refractivity contribution < 1.29 is 19.4 Å². The standard InChI is InChI=1S/C25H23BrClN3O4/c1-2-34-20-8-7-17(14-19(20)27)23(31)21-22(16-5-3-6-18(26)13-16)30(25(33)24(21)32)11-4-10-29-12-9-28-15-29/h3,5-9,12-15,22,31H,2,4,10-11H2,1H3/b23-21+/t22-/m1/s1. The highest BCUT2D eigenvalue weighted by molar-refractivity contribution is 9.10. The van der Waals surface area contributed by atoms with Crippen molar-refractivity contribution in [2.24, 2.45) is 0 Å². The average molecular weight is 545 g/mol. The summed E-state index contributed by atoms with van der Waals surface area (Å²) in [5, 5.41) is 11.5. The zero-order chi connectivity index (χ0) is 24.2. The van der Waals surface area contributed by atoms with E-state index >= 15 is 0 Å². The van der Waals surface area contributed by atoms with Crippen LogP contribution >= 0.6 is 27.5 Å². The van der Waals surface area contributed by atoms with Gasteiger partial charge in [0.25, 0.3) is 11.7 Å². The maximum absolute atomic E-state index is 13.2. The third-order valence-electron chi connectivity index (χ3n) is 5.58. The summed E-state index contributed by atoms with van der Waals surface area (Å²) in [6, 6.07) is 11.4. The van der Waals surface area contributed by atoms with Crippen LogP contribution in [0.4, 0.5) is 0 Å². The van der Waals surface area contributed by atoms with E-state index in [1.807, 2.05) is 42.0 Å². The van der Waals surface area contributed by atoms with Gasteiger partial charge in [-0.05, 0) is 49.2 Å². The van der Waals surface area contributed by atoms with E-state index < -0.39 is 17.7 Å². The van der Waals surface area contributed by atoms with Gasteiger partial charge in [-0.3, -0.25) is 9.59 Å². The highest BCUT2D eigenvalue weighted by atomic mass is 79.9. The van der Waals surface area contributed by atoms with Crippen molar-refractivity contribution >= 4 is 45.0 Å². The molecule has 2 aromatic carbocycles. The van der Waals surface area contributed by atoms with E-state index in [4.69, 9.17) is 16.3 Å². The van der Waals surface area contributed by atoms with E-state index in [2.05, 4.69) is 20.9 Å². The number of ether oxygens (including phenoxy) is 1. The number of benzene rings is 2. The lowest BCUT2D eigenvalue weighted by molar-refractivity contribution is -0.139. The van der Waals surface area contributed by atoms with Crippen LogP contribution in [-0.4, -0.2) is 44.4 Å². The van der Waals surface area contributed by atoms with Crippen molar-refractivity contribution in [1.29, 1.82) is 0 Å². The van der Waals surface area contributed by atoms with Gasteiger partial charge in [-0.1, -0.05) is 39.7 Å². The maximum atomic E-state index is 13.2. The number of rotatable bonds is 8. The van der Waals surface area contributed by atoms with Crippen LogP contribution in [0.1, 0.15) is 30.5 Å². The summed E-state index contributed by atoms with van der Waals surface area (Å²) < 4.78 is 8.17. The van der Waals surface area contributed by atoms with Crippen molar-refractivity contribution in [2.75, 3.05) is 13.2 Å². The number of Topliss-reactive ketones (excluding diaryl/α,β-unsaturated/α-hetero) is 1. The number of aryl methyl sites for hydroxylation is 1. The zero-order valence-corrected chi connectivity index (χ0v) is 20.8. The number of aromatic nitrogens is 2. The Balaban J connectivity index is 1.74. The molecular weight excluding hydrogens is 522 g/mol. The number of halogens is 2. The monoisotopic (exact) mass is 543 g/mol. The van der Waals surface area contributed by atoms with Gasteiger partial charge in [0.1, 0.15) is 11.5 Å². The number of aliphatic hydroxyl groups excluding tert-OH is 1. The summed E-state index contributed by atoms with van der Waals surface area (Å²) in [6.07, 6.45) is 5.85. The molecule has 2 heterocycles. The van der Waals surface area contributed by atoms with Crippen molar-refractivity contribution in [2.45, 2.75) is 25.9 Å². The van der Waals surface area contributed by atoms with Gasteiger partial charge in [-0.2, -0.15) is 0 Å². The Kier molecular flexibility index (Phi) is 7.38. The number of nitrogens with zero attached hydrogens (tertiary/aromatic N) is 3. The molecule has 0 saturated carbocycles. The van der Waals surface area contributed by atoms with Crippen LogP contribution in [0.2, 0.25) is 5.02 Å². The largest absolute Gasteiger partial charge is 0.507 e. The molecule has 1 aromatic heterocycles. The second kappa shape index (κ2) is 10.4. The molecule has 1 aliphatic rings. The average Bonchev–Trinajstić information content (AvgIpc) is 3.42. The lowest BCUT2D eigenvalue weighted by atomic mass is 9.95. The van der Waals surface area contributed by atoms with E-state index in [0.717, 1.165) is 10.0 Å². The van der Waals surface area contributed by atoms with Gasteiger partial charge in [0.15, 0.2) is 0 Å². The minimum absolute atomic E-state index is 0.0333. The lowest BCUT2D eigenvalue weighted by Gasteiger charge is -2.25. The Labute approximate surface area is 210 Å². The zero-order valence-electron chi connectivity index (χ0n) is 18.4. The number of hydrogen-bond acceptors (Lipinski definition) is 5. The summed E-state index contributed by atoms with van der Waals surface area (Å²) in [4.78, 5) is 31.8. The van der Waals surface area contributed by atoms with Gasteiger partial charge >= 0.3 is 0 Å². The highest BCUT2D eigenvalue weighted by Crippen LogP contribution is 2.41. The molecule has 0 bridgehead atoms. The van der Waals surface area contributed by atoms with E-state index in [1.54, 1.807) is 24.7 Å². The number of likely N-dealkylation sites (tertiary alicyclic amines) is 1. The van der Waals surface area contributed by atoms with Gasteiger partial charge in [-0.15, -0.1) is 0 Å². The smallest absolute Gasteiger partial charge is 0.295 e. The number of imidazole rings is 1. The van der Waals surface area contributed by atoms with Crippen LogP contribution in [-0.2, 0) is 16.1 Å². The Morgan fingerprint density at radius 3 is 2.71 bits per heavy atom. The summed E-state index contributed by atoms with van der Waals surface area (Å²) in [7, 11) is 0. The van der Waals surface area contributed by atoms with Crippen LogP contribution in [0.15, 0.2) is 71.2 Å². The second-order valence-electron chi connectivity index (χ2n) is 7.78. The molecule has 4 rings (SSSR count). The molecule has 1 aliphatic heterocycles. The summed E-state index contributed by atoms with van der Waals surface area (Å²) in [5.41, 5.74) is 1.09. The number of amides is 1. The first-order valence-electron chi connectivity index (χ1n) is 10.8. The van der Waals surface area contributed by atoms with Crippen LogP contribution in [0.25, 0.3) is 5.76 Å². The first-order chi connectivity index (χ1) is 16.4. The second-order valence-corrected chi connectivity index (χ2v) is 9.10. The lowest BCUT2D eigenvalue weighted by Crippen LogP contribution is -2.31. The maximum Gasteiger partial charge on any atom is 0.295 e. The third kappa shape index (κ3) is 4.88. The van der Waals surface area contributed by atoms with Gasteiger partial charge < -0.3 is 19.3 Å². The number of aliphatic hydroxyl groups is 1. The molecule has 9 heteroatoms. The minimum atomic E-state index is -0.731. The van der Waals surface area contributed by atoms with Crippen LogP contribution in [0.3, 0.4) is 0 Å². The van der Waals surface area contributed by atoms with E-state index in [9.17, 15) is 14.7 Å². The van der Waals surface area contributed by atoms with Gasteiger partial charge in [0.2, 0.25) is 0 Å². The molecule has 34 heavy (non-hydrogen) atoms. The van der Waals surface area contributed by atoms with E-state index in [1.165, 1.54) is 11.0 Å². The van der Waals surface area contributed by atoms with Gasteiger partial charge in [0.05, 0.1) is 29.6 Å². The number of ketones is 1. The molecule has 1 amide bonds. The van der Waals surface area contributed by atoms with Crippen molar-refractivity contribution in [3.63, 3.8) is 0 Å². The van der Waals surface area contributed by atoms with E-state index in [0.29, 0.717) is 42.5 Å². The molecular formula is C25H23BrClN3O4. The molecule has 0 spiro atoms. The van der Waals surface area contributed by atoms with Crippen molar-refractivity contribution in [3.05, 3.63) is 87.4 Å². The minimum Gasteiger partial charge on any atom is -0.507 e. The van der Waals surface area contributed by atoms with Gasteiger partial charge in [0, 0.05) is 35.5 Å². The summed E-state index contributed by atoms with van der Waals surface area (Å²) in [6.45, 7) is 3.26. The predicted octanol–water partition coefficient (Wildman–Crippen LogP) is 5.21. The fraction of sp³-hybridized carbons (Fsp3) is 0.240. The molecule has 1 fully saturated rings. The molecule has 1 atom stereocenters. The number of carbonyl (C=O) groups is 2.